The van der Waals surface area contributed by atoms with Gasteiger partial charge in [-0.3, -0.25) is 24.7 Å². The van der Waals surface area contributed by atoms with E-state index in [-0.39, 0.29) is 23.2 Å². The quantitative estimate of drug-likeness (QED) is 0.530. The number of imide groups is 1. The SMILES string of the molecule is O=C1CCC(N2Cc3c(CN4CCN(c5cc(F)cc(F)c5)CC4)cccc3C2S)C(=O)N1. The predicted molar refractivity (Wildman–Crippen MR) is 124 cm³/mol. The molecule has 33 heavy (non-hydrogen) atoms. The highest BCUT2D eigenvalue weighted by Crippen LogP contribution is 2.40. The first-order chi connectivity index (χ1) is 15.9. The summed E-state index contributed by atoms with van der Waals surface area (Å²) >= 11 is 4.80. The second-order valence-electron chi connectivity index (χ2n) is 8.89. The highest BCUT2D eigenvalue weighted by atomic mass is 32.1. The summed E-state index contributed by atoms with van der Waals surface area (Å²) in [5.41, 5.74) is 4.07. The molecule has 2 amide bonds. The smallest absolute Gasteiger partial charge is 0.243 e. The summed E-state index contributed by atoms with van der Waals surface area (Å²) in [6.45, 7) is 4.32. The molecule has 2 unspecified atom stereocenters. The second kappa shape index (κ2) is 9.04. The van der Waals surface area contributed by atoms with Crippen LogP contribution < -0.4 is 10.2 Å². The lowest BCUT2D eigenvalue weighted by Gasteiger charge is -2.36. The summed E-state index contributed by atoms with van der Waals surface area (Å²) in [5.74, 6) is -1.59. The first-order valence-electron chi connectivity index (χ1n) is 11.2. The number of piperazine rings is 1. The highest BCUT2D eigenvalue weighted by molar-refractivity contribution is 7.80. The zero-order valence-corrected chi connectivity index (χ0v) is 19.0. The molecule has 3 heterocycles. The number of benzene rings is 2. The number of piperidine rings is 1. The van der Waals surface area contributed by atoms with Crippen molar-refractivity contribution in [2.75, 3.05) is 31.1 Å². The first-order valence-corrected chi connectivity index (χ1v) is 11.7. The molecule has 0 radical (unpaired) electrons. The topological polar surface area (TPSA) is 55.9 Å². The number of anilines is 1. The zero-order valence-electron chi connectivity index (χ0n) is 18.1. The molecule has 9 heteroatoms. The van der Waals surface area contributed by atoms with Gasteiger partial charge in [0.2, 0.25) is 11.8 Å². The van der Waals surface area contributed by atoms with Gasteiger partial charge in [0.15, 0.2) is 0 Å². The van der Waals surface area contributed by atoms with Gasteiger partial charge in [0.1, 0.15) is 11.6 Å². The Kier molecular flexibility index (Phi) is 6.11. The van der Waals surface area contributed by atoms with Crippen LogP contribution in [0.2, 0.25) is 0 Å². The van der Waals surface area contributed by atoms with E-state index in [0.29, 0.717) is 38.2 Å². The van der Waals surface area contributed by atoms with Crippen LogP contribution in [0.1, 0.15) is 34.9 Å². The van der Waals surface area contributed by atoms with Crippen molar-refractivity contribution < 1.29 is 18.4 Å². The summed E-state index contributed by atoms with van der Waals surface area (Å²) in [7, 11) is 0. The number of fused-ring (bicyclic) bond motifs is 1. The van der Waals surface area contributed by atoms with Gasteiger partial charge in [-0.2, -0.15) is 12.6 Å². The summed E-state index contributed by atoms with van der Waals surface area (Å²) in [6.07, 6.45) is 0.851. The Labute approximate surface area is 196 Å². The normalized spacial score (nSPS) is 24.2. The van der Waals surface area contributed by atoms with Crippen LogP contribution in [0.3, 0.4) is 0 Å². The van der Waals surface area contributed by atoms with Crippen molar-refractivity contribution >= 4 is 30.1 Å². The summed E-state index contributed by atoms with van der Waals surface area (Å²) < 4.78 is 27.2. The monoisotopic (exact) mass is 472 g/mol. The fourth-order valence-electron chi connectivity index (χ4n) is 5.09. The minimum absolute atomic E-state index is 0.191. The molecule has 3 aliphatic heterocycles. The number of hydrogen-bond donors (Lipinski definition) is 2. The number of carbonyl (C=O) groups excluding carboxylic acids is 2. The number of rotatable bonds is 4. The number of nitrogens with zero attached hydrogens (tertiary/aromatic N) is 3. The molecule has 3 aliphatic rings. The van der Waals surface area contributed by atoms with Crippen LogP contribution in [0.4, 0.5) is 14.5 Å². The molecule has 2 saturated heterocycles. The Morgan fingerprint density at radius 2 is 1.76 bits per heavy atom. The average molecular weight is 473 g/mol. The van der Waals surface area contributed by atoms with Crippen LogP contribution in [0.15, 0.2) is 36.4 Å². The zero-order chi connectivity index (χ0) is 23.1. The van der Waals surface area contributed by atoms with Crippen LogP contribution >= 0.6 is 12.6 Å². The van der Waals surface area contributed by atoms with E-state index in [1.807, 2.05) is 11.0 Å². The molecule has 0 aliphatic carbocycles. The maximum absolute atomic E-state index is 13.6. The lowest BCUT2D eigenvalue weighted by atomic mass is 10.0. The summed E-state index contributed by atoms with van der Waals surface area (Å²) in [6, 6.07) is 9.47. The second-order valence-corrected chi connectivity index (χ2v) is 9.38. The highest BCUT2D eigenvalue weighted by Gasteiger charge is 2.39. The van der Waals surface area contributed by atoms with Crippen molar-refractivity contribution in [3.63, 3.8) is 0 Å². The standard InChI is InChI=1S/C24H26F2N4O2S/c25-16-10-17(26)12-18(11-16)29-8-6-28(7-9-29)13-15-2-1-3-19-20(15)14-30(24(19)33)21-4-5-22(31)27-23(21)32/h1-3,10-12,21,24,33H,4-9,13-14H2,(H,27,31,32). The molecule has 2 aromatic carbocycles. The molecule has 5 rings (SSSR count). The van der Waals surface area contributed by atoms with Crippen molar-refractivity contribution in [2.45, 2.75) is 37.3 Å². The number of carbonyl (C=O) groups is 2. The Balaban J connectivity index is 1.26. The van der Waals surface area contributed by atoms with Crippen LogP contribution in [-0.2, 0) is 22.7 Å². The van der Waals surface area contributed by atoms with Crippen LogP contribution in [0.25, 0.3) is 0 Å². The third-order valence-electron chi connectivity index (χ3n) is 6.83. The molecule has 0 spiro atoms. The van der Waals surface area contributed by atoms with Gasteiger partial charge in [-0.05, 0) is 35.2 Å². The van der Waals surface area contributed by atoms with Crippen LogP contribution in [-0.4, -0.2) is 53.8 Å². The van der Waals surface area contributed by atoms with Crippen LogP contribution in [0.5, 0.6) is 0 Å². The summed E-state index contributed by atoms with van der Waals surface area (Å²) in [5, 5.41) is 2.25. The first kappa shape index (κ1) is 22.3. The van der Waals surface area contributed by atoms with Gasteiger partial charge in [0.05, 0.1) is 11.4 Å². The van der Waals surface area contributed by atoms with Gasteiger partial charge in [0.25, 0.3) is 0 Å². The Morgan fingerprint density at radius 3 is 2.45 bits per heavy atom. The van der Waals surface area contributed by atoms with E-state index in [0.717, 1.165) is 31.3 Å². The summed E-state index contributed by atoms with van der Waals surface area (Å²) in [4.78, 5) is 30.4. The van der Waals surface area contributed by atoms with Gasteiger partial charge in [-0.15, -0.1) is 0 Å². The minimum Gasteiger partial charge on any atom is -0.369 e. The molecule has 0 saturated carbocycles. The van der Waals surface area contributed by atoms with E-state index in [9.17, 15) is 18.4 Å². The number of halogens is 2. The molecule has 2 aromatic rings. The number of thiol groups is 1. The van der Waals surface area contributed by atoms with Gasteiger partial charge >= 0.3 is 0 Å². The van der Waals surface area contributed by atoms with Gasteiger partial charge in [-0.1, -0.05) is 18.2 Å². The molecule has 0 bridgehead atoms. The maximum atomic E-state index is 13.6. The molecule has 2 atom stereocenters. The van der Waals surface area contributed by atoms with Gasteiger partial charge < -0.3 is 4.90 Å². The Hall–Kier alpha value is -2.49. The van der Waals surface area contributed by atoms with Crippen molar-refractivity contribution in [1.82, 2.24) is 15.1 Å². The minimum atomic E-state index is -0.561. The van der Waals surface area contributed by atoms with Crippen LogP contribution in [0, 0.1) is 11.6 Å². The molecule has 6 nitrogen and oxygen atoms in total. The van der Waals surface area contributed by atoms with Gasteiger partial charge in [0, 0.05) is 57.4 Å². The maximum Gasteiger partial charge on any atom is 0.243 e. The molecular weight excluding hydrogens is 446 g/mol. The molecule has 2 fully saturated rings. The largest absolute Gasteiger partial charge is 0.369 e. The van der Waals surface area contributed by atoms with Crippen molar-refractivity contribution in [2.24, 2.45) is 0 Å². The van der Waals surface area contributed by atoms with Crippen molar-refractivity contribution in [3.8, 4) is 0 Å². The Bertz CT molecular complexity index is 1070. The lowest BCUT2D eigenvalue weighted by Crippen LogP contribution is -2.51. The molecular formula is C24H26F2N4O2S. The number of amides is 2. The van der Waals surface area contributed by atoms with Crippen molar-refractivity contribution in [1.29, 1.82) is 0 Å². The van der Waals surface area contributed by atoms with E-state index in [1.165, 1.54) is 23.3 Å². The lowest BCUT2D eigenvalue weighted by molar-refractivity contribution is -0.137. The van der Waals surface area contributed by atoms with Gasteiger partial charge in [-0.25, -0.2) is 8.78 Å². The molecule has 174 valence electrons. The number of nitrogens with one attached hydrogen (secondary N) is 1. The Morgan fingerprint density at radius 1 is 1.03 bits per heavy atom. The third-order valence-corrected chi connectivity index (χ3v) is 7.41. The predicted octanol–water partition coefficient (Wildman–Crippen LogP) is 2.84. The van der Waals surface area contributed by atoms with E-state index in [4.69, 9.17) is 12.6 Å². The average Bonchev–Trinajstić information content (AvgIpc) is 3.11. The van der Waals surface area contributed by atoms with E-state index in [2.05, 4.69) is 27.2 Å². The fourth-order valence-corrected chi connectivity index (χ4v) is 5.58. The fraction of sp³-hybridized carbons (Fsp3) is 0.417. The number of hydrogen-bond acceptors (Lipinski definition) is 6. The molecule has 0 aromatic heterocycles. The van der Waals surface area contributed by atoms with E-state index in [1.54, 1.807) is 0 Å². The van der Waals surface area contributed by atoms with Crippen molar-refractivity contribution in [3.05, 3.63) is 64.7 Å². The third kappa shape index (κ3) is 4.49. The molecule has 1 N–H and O–H groups in total. The van der Waals surface area contributed by atoms with E-state index < -0.39 is 11.6 Å². The van der Waals surface area contributed by atoms with E-state index >= 15 is 0 Å².